The van der Waals surface area contributed by atoms with Crippen LogP contribution in [0.25, 0.3) is 22.8 Å². The van der Waals surface area contributed by atoms with E-state index in [1.165, 1.54) is 12.1 Å². The number of aryl methyl sites for hydroxylation is 1. The quantitative estimate of drug-likeness (QED) is 0.165. The molecule has 5 rings (SSSR count). The lowest BCUT2D eigenvalue weighted by Crippen LogP contribution is -2.38. The Morgan fingerprint density at radius 2 is 1.75 bits per heavy atom. The average molecular weight is 537 g/mol. The molecule has 0 bridgehead atoms. The van der Waals surface area contributed by atoms with Crippen molar-refractivity contribution in [3.05, 3.63) is 120 Å². The first-order valence-electron chi connectivity index (χ1n) is 12.5. The van der Waals surface area contributed by atoms with E-state index in [0.29, 0.717) is 11.1 Å². The van der Waals surface area contributed by atoms with Gasteiger partial charge in [0.2, 0.25) is 5.82 Å². The van der Waals surface area contributed by atoms with Crippen LogP contribution in [0, 0.1) is 12.7 Å². The lowest BCUT2D eigenvalue weighted by Gasteiger charge is -2.18. The van der Waals surface area contributed by atoms with Gasteiger partial charge in [-0.15, -0.1) is 0 Å². The number of halogens is 1. The van der Waals surface area contributed by atoms with Gasteiger partial charge in [-0.05, 0) is 67.1 Å². The normalized spacial score (nSPS) is 11.4. The van der Waals surface area contributed by atoms with Crippen molar-refractivity contribution in [3.8, 4) is 22.8 Å². The summed E-state index contributed by atoms with van der Waals surface area (Å²) in [5.74, 6) is -0.637. The molecule has 4 aromatic carbocycles. The van der Waals surface area contributed by atoms with Crippen LogP contribution in [0.5, 0.6) is 0 Å². The number of nitrogens with zero attached hydrogens (tertiary/aromatic N) is 2. The molecule has 1 heterocycles. The minimum Gasteiger partial charge on any atom is -0.444 e. The second-order valence-corrected chi connectivity index (χ2v) is 9.07. The number of hydrogen-bond acceptors (Lipinski definition) is 7. The number of benzene rings is 4. The van der Waals surface area contributed by atoms with Crippen molar-refractivity contribution in [2.75, 3.05) is 5.32 Å². The Bertz CT molecular complexity index is 1620. The predicted octanol–water partition coefficient (Wildman–Crippen LogP) is 6.07. The summed E-state index contributed by atoms with van der Waals surface area (Å²) in [6, 6.07) is 28.4. The van der Waals surface area contributed by atoms with Crippen LogP contribution in [0.3, 0.4) is 0 Å². The fourth-order valence-corrected chi connectivity index (χ4v) is 4.08. The number of carbonyl (C=O) groups excluding carboxylic acids is 2. The maximum Gasteiger partial charge on any atom is 0.295 e. The molecule has 0 saturated heterocycles. The third kappa shape index (κ3) is 6.39. The number of hydrogen-bond donors (Lipinski definition) is 2. The smallest absolute Gasteiger partial charge is 0.295 e. The van der Waals surface area contributed by atoms with E-state index < -0.39 is 18.0 Å². The summed E-state index contributed by atoms with van der Waals surface area (Å²) in [4.78, 5) is 28.4. The minimum atomic E-state index is -1.01. The van der Waals surface area contributed by atoms with Crippen molar-refractivity contribution in [1.82, 2.24) is 15.5 Å². The number of rotatable bonds is 10. The first kappa shape index (κ1) is 26.3. The summed E-state index contributed by atoms with van der Waals surface area (Å²) in [5, 5.41) is 9.83. The molecule has 0 aliphatic rings. The SMILES string of the molecule is Cc1ccc(-c2nc(-c3ccc(CC(NC(=O)c4cccc(Nc5ccccc5)c4)OC=O)cc3F)no2)cc1. The maximum atomic E-state index is 15.1. The van der Waals surface area contributed by atoms with Gasteiger partial charge in [-0.1, -0.05) is 53.2 Å². The van der Waals surface area contributed by atoms with Gasteiger partial charge in [0, 0.05) is 28.9 Å². The molecule has 1 unspecified atom stereocenters. The van der Waals surface area contributed by atoms with E-state index in [2.05, 4.69) is 20.8 Å². The van der Waals surface area contributed by atoms with Crippen molar-refractivity contribution >= 4 is 23.8 Å². The van der Waals surface area contributed by atoms with E-state index in [0.717, 1.165) is 22.5 Å². The highest BCUT2D eigenvalue weighted by atomic mass is 19.1. The van der Waals surface area contributed by atoms with Gasteiger partial charge in [0.05, 0.1) is 5.56 Å². The third-order valence-corrected chi connectivity index (χ3v) is 6.12. The molecule has 9 heteroatoms. The lowest BCUT2D eigenvalue weighted by atomic mass is 10.1. The summed E-state index contributed by atoms with van der Waals surface area (Å²) in [6.45, 7) is 2.22. The van der Waals surface area contributed by atoms with E-state index in [9.17, 15) is 9.59 Å². The molecule has 0 saturated carbocycles. The first-order valence-corrected chi connectivity index (χ1v) is 12.5. The van der Waals surface area contributed by atoms with Crippen LogP contribution in [0.1, 0.15) is 21.5 Å². The number of ether oxygens (including phenoxy) is 1. The number of aromatic nitrogens is 2. The zero-order valence-electron chi connectivity index (χ0n) is 21.5. The van der Waals surface area contributed by atoms with Crippen LogP contribution in [0.4, 0.5) is 15.8 Å². The standard InChI is InChI=1S/C31H25FN4O4/c1-20-10-13-22(14-11-20)31-35-29(36-40-31)26-15-12-21(16-27(26)32)17-28(39-19-37)34-30(38)23-6-5-9-25(18-23)33-24-7-3-2-4-8-24/h2-16,18-19,28,33H,17H2,1H3,(H,34,38). The molecule has 1 aromatic heterocycles. The number of nitrogens with one attached hydrogen (secondary N) is 2. The van der Waals surface area contributed by atoms with Crippen LogP contribution in [-0.4, -0.2) is 28.7 Å². The molecule has 40 heavy (non-hydrogen) atoms. The zero-order chi connectivity index (χ0) is 27.9. The Hall–Kier alpha value is -5.31. The number of anilines is 2. The van der Waals surface area contributed by atoms with Gasteiger partial charge in [-0.3, -0.25) is 9.59 Å². The van der Waals surface area contributed by atoms with E-state index in [1.807, 2.05) is 67.6 Å². The Morgan fingerprint density at radius 1 is 0.975 bits per heavy atom. The van der Waals surface area contributed by atoms with Gasteiger partial charge in [0.15, 0.2) is 6.23 Å². The summed E-state index contributed by atoms with van der Waals surface area (Å²) in [6.07, 6.45) is -0.968. The Morgan fingerprint density at radius 3 is 2.50 bits per heavy atom. The highest BCUT2D eigenvalue weighted by molar-refractivity contribution is 5.95. The summed E-state index contributed by atoms with van der Waals surface area (Å²) in [7, 11) is 0. The molecule has 0 radical (unpaired) electrons. The van der Waals surface area contributed by atoms with Gasteiger partial charge in [-0.25, -0.2) is 4.39 Å². The summed E-state index contributed by atoms with van der Waals surface area (Å²) >= 11 is 0. The molecule has 1 atom stereocenters. The highest BCUT2D eigenvalue weighted by Crippen LogP contribution is 2.25. The minimum absolute atomic E-state index is 0.0461. The van der Waals surface area contributed by atoms with E-state index in [-0.39, 0.29) is 30.2 Å². The van der Waals surface area contributed by atoms with E-state index in [4.69, 9.17) is 9.26 Å². The summed E-state index contributed by atoms with van der Waals surface area (Å²) < 4.78 is 25.5. The van der Waals surface area contributed by atoms with Gasteiger partial charge < -0.3 is 19.9 Å². The van der Waals surface area contributed by atoms with Crippen molar-refractivity contribution in [2.45, 2.75) is 19.6 Å². The fraction of sp³-hybridized carbons (Fsp3) is 0.0968. The van der Waals surface area contributed by atoms with Crippen LogP contribution >= 0.6 is 0 Å². The van der Waals surface area contributed by atoms with E-state index >= 15 is 4.39 Å². The number of carbonyl (C=O) groups is 2. The maximum absolute atomic E-state index is 15.1. The molecule has 2 N–H and O–H groups in total. The molecular weight excluding hydrogens is 511 g/mol. The van der Waals surface area contributed by atoms with Crippen molar-refractivity contribution in [2.24, 2.45) is 0 Å². The van der Waals surface area contributed by atoms with Crippen LogP contribution < -0.4 is 10.6 Å². The van der Waals surface area contributed by atoms with Gasteiger partial charge in [0.1, 0.15) is 5.82 Å². The van der Waals surface area contributed by atoms with Crippen molar-refractivity contribution in [3.63, 3.8) is 0 Å². The predicted molar refractivity (Wildman–Crippen MR) is 148 cm³/mol. The van der Waals surface area contributed by atoms with E-state index in [1.54, 1.807) is 24.3 Å². The molecule has 200 valence electrons. The first-order chi connectivity index (χ1) is 19.5. The van der Waals surface area contributed by atoms with Crippen molar-refractivity contribution in [1.29, 1.82) is 0 Å². The molecule has 8 nitrogen and oxygen atoms in total. The molecule has 1 amide bonds. The Kier molecular flexibility index (Phi) is 7.92. The molecule has 5 aromatic rings. The molecule has 0 aliphatic carbocycles. The molecular formula is C31H25FN4O4. The second-order valence-electron chi connectivity index (χ2n) is 9.07. The molecule has 0 fully saturated rings. The fourth-order valence-electron chi connectivity index (χ4n) is 4.08. The molecule has 0 aliphatic heterocycles. The van der Waals surface area contributed by atoms with Gasteiger partial charge in [0.25, 0.3) is 18.3 Å². The number of para-hydroxylation sites is 1. The van der Waals surface area contributed by atoms with Crippen LogP contribution in [0.15, 0.2) is 102 Å². The monoisotopic (exact) mass is 536 g/mol. The highest BCUT2D eigenvalue weighted by Gasteiger charge is 2.19. The zero-order valence-corrected chi connectivity index (χ0v) is 21.5. The van der Waals surface area contributed by atoms with Crippen LogP contribution in [-0.2, 0) is 16.0 Å². The third-order valence-electron chi connectivity index (χ3n) is 6.12. The Labute approximate surface area is 229 Å². The largest absolute Gasteiger partial charge is 0.444 e. The van der Waals surface area contributed by atoms with Gasteiger partial charge in [-0.2, -0.15) is 4.98 Å². The second kappa shape index (κ2) is 12.0. The van der Waals surface area contributed by atoms with Crippen molar-refractivity contribution < 1.29 is 23.2 Å². The Balaban J connectivity index is 1.27. The lowest BCUT2D eigenvalue weighted by molar-refractivity contribution is -0.134. The van der Waals surface area contributed by atoms with Gasteiger partial charge >= 0.3 is 0 Å². The molecule has 0 spiro atoms. The van der Waals surface area contributed by atoms with Crippen LogP contribution in [0.2, 0.25) is 0 Å². The summed E-state index contributed by atoms with van der Waals surface area (Å²) in [5.41, 5.74) is 4.43. The topological polar surface area (TPSA) is 106 Å². The number of amides is 1. The average Bonchev–Trinajstić information content (AvgIpc) is 3.44.